The number of hydrogen-bond acceptors (Lipinski definition) is 5. The normalized spacial score (nSPS) is 11.6. The van der Waals surface area contributed by atoms with Gasteiger partial charge < -0.3 is 9.84 Å². The lowest BCUT2D eigenvalue weighted by molar-refractivity contribution is 0.277. The molecule has 4 rings (SSSR count). The number of aryl methyl sites for hydroxylation is 2. The van der Waals surface area contributed by atoms with Crippen LogP contribution in [0.1, 0.15) is 12.1 Å². The predicted molar refractivity (Wildman–Crippen MR) is 110 cm³/mol. The average molecular weight is 418 g/mol. The molecule has 0 spiro atoms. The second-order valence-electron chi connectivity index (χ2n) is 6.75. The number of hydrogen-bond donors (Lipinski definition) is 1. The smallest absolute Gasteiger partial charge is 0.332 e. The summed E-state index contributed by atoms with van der Waals surface area (Å²) in [6.07, 6.45) is 2.09. The van der Waals surface area contributed by atoms with Gasteiger partial charge in [-0.3, -0.25) is 22.9 Å². The molecule has 0 fully saturated rings. The molecule has 152 valence electrons. The lowest BCUT2D eigenvalue weighted by Gasteiger charge is -2.11. The zero-order valence-corrected chi connectivity index (χ0v) is 17.0. The van der Waals surface area contributed by atoms with Gasteiger partial charge in [-0.05, 0) is 31.5 Å². The Morgan fingerprint density at radius 3 is 2.72 bits per heavy atom. The Morgan fingerprint density at radius 2 is 2.03 bits per heavy atom. The monoisotopic (exact) mass is 417 g/mol. The molecule has 0 saturated heterocycles. The highest BCUT2D eigenvalue weighted by Gasteiger charge is 2.22. The van der Waals surface area contributed by atoms with Gasteiger partial charge >= 0.3 is 5.69 Å². The molecule has 4 aromatic rings. The third-order valence-electron chi connectivity index (χ3n) is 4.95. The zero-order chi connectivity index (χ0) is 20.9. The van der Waals surface area contributed by atoms with Crippen molar-refractivity contribution in [1.82, 2.24) is 23.1 Å². The van der Waals surface area contributed by atoms with Gasteiger partial charge in [0.15, 0.2) is 11.2 Å². The predicted octanol–water partition coefficient (Wildman–Crippen LogP) is 1.49. The van der Waals surface area contributed by atoms with Crippen molar-refractivity contribution in [3.05, 3.63) is 56.0 Å². The lowest BCUT2D eigenvalue weighted by Crippen LogP contribution is -2.39. The standard InChI is InChI=1S/C19H20ClN5O4/c1-11-10-24-15-16(22(2)19(28)23(17(15)27)7-4-8-26)21-18(24)25(11)13-9-12(20)5-6-14(13)29-3/h5-6,9-10,26H,4,7-8H2,1-3H3. The van der Waals surface area contributed by atoms with E-state index < -0.39 is 11.2 Å². The Labute approximate surface area is 170 Å². The minimum Gasteiger partial charge on any atom is -0.495 e. The summed E-state index contributed by atoms with van der Waals surface area (Å²) < 4.78 is 11.4. The first-order valence-electron chi connectivity index (χ1n) is 9.03. The largest absolute Gasteiger partial charge is 0.495 e. The highest BCUT2D eigenvalue weighted by atomic mass is 35.5. The molecule has 1 aromatic carbocycles. The van der Waals surface area contributed by atoms with Crippen LogP contribution in [0.4, 0.5) is 0 Å². The number of fused-ring (bicyclic) bond motifs is 3. The number of rotatable bonds is 5. The second-order valence-corrected chi connectivity index (χ2v) is 7.19. The number of ether oxygens (including phenoxy) is 1. The molecular formula is C19H20ClN5O4. The summed E-state index contributed by atoms with van der Waals surface area (Å²) >= 11 is 6.20. The topological polar surface area (TPSA) is 95.7 Å². The number of aromatic nitrogens is 5. The first kappa shape index (κ1) is 19.3. The molecule has 3 heterocycles. The van der Waals surface area contributed by atoms with Gasteiger partial charge in [0.1, 0.15) is 5.75 Å². The van der Waals surface area contributed by atoms with Crippen LogP contribution in [0.2, 0.25) is 5.02 Å². The van der Waals surface area contributed by atoms with Gasteiger partial charge in [-0.25, -0.2) is 4.79 Å². The summed E-state index contributed by atoms with van der Waals surface area (Å²) in [6.45, 7) is 1.90. The van der Waals surface area contributed by atoms with Crippen molar-refractivity contribution >= 4 is 28.5 Å². The van der Waals surface area contributed by atoms with Crippen molar-refractivity contribution in [2.24, 2.45) is 7.05 Å². The van der Waals surface area contributed by atoms with E-state index in [4.69, 9.17) is 21.4 Å². The maximum absolute atomic E-state index is 13.1. The Morgan fingerprint density at radius 1 is 1.28 bits per heavy atom. The molecule has 0 aliphatic carbocycles. The zero-order valence-electron chi connectivity index (χ0n) is 16.2. The molecule has 3 aromatic heterocycles. The third kappa shape index (κ3) is 2.85. The maximum atomic E-state index is 13.1. The van der Waals surface area contributed by atoms with Crippen LogP contribution in [0.3, 0.4) is 0 Å². The SMILES string of the molecule is COc1ccc(Cl)cc1-n1c(C)cn2c3c(=O)n(CCCO)c(=O)n(C)c3nc12. The Hall–Kier alpha value is -3.04. The fourth-order valence-electron chi connectivity index (χ4n) is 3.57. The lowest BCUT2D eigenvalue weighted by atomic mass is 10.3. The fraction of sp³-hybridized carbons (Fsp3) is 0.316. The van der Waals surface area contributed by atoms with E-state index in [-0.39, 0.29) is 18.8 Å². The summed E-state index contributed by atoms with van der Waals surface area (Å²) in [6, 6.07) is 5.24. The number of nitrogens with zero attached hydrogens (tertiary/aromatic N) is 5. The quantitative estimate of drug-likeness (QED) is 0.530. The van der Waals surface area contributed by atoms with E-state index in [2.05, 4.69) is 4.98 Å². The Bertz CT molecular complexity index is 1360. The van der Waals surface area contributed by atoms with Crippen LogP contribution < -0.4 is 16.0 Å². The summed E-state index contributed by atoms with van der Waals surface area (Å²) in [5.41, 5.74) is 1.14. The molecular weight excluding hydrogens is 398 g/mol. The molecule has 9 nitrogen and oxygen atoms in total. The van der Waals surface area contributed by atoms with Crippen LogP contribution in [-0.2, 0) is 13.6 Å². The van der Waals surface area contributed by atoms with E-state index in [1.807, 2.05) is 11.5 Å². The van der Waals surface area contributed by atoms with Crippen molar-refractivity contribution in [2.75, 3.05) is 13.7 Å². The van der Waals surface area contributed by atoms with Crippen LogP contribution in [0, 0.1) is 6.92 Å². The van der Waals surface area contributed by atoms with Crippen molar-refractivity contribution in [1.29, 1.82) is 0 Å². The molecule has 0 atom stereocenters. The fourth-order valence-corrected chi connectivity index (χ4v) is 3.74. The molecule has 0 unspecified atom stereocenters. The van der Waals surface area contributed by atoms with Gasteiger partial charge in [0.2, 0.25) is 5.78 Å². The van der Waals surface area contributed by atoms with Gasteiger partial charge in [0.25, 0.3) is 5.56 Å². The van der Waals surface area contributed by atoms with Crippen LogP contribution >= 0.6 is 11.6 Å². The van der Waals surface area contributed by atoms with Crippen LogP contribution in [0.5, 0.6) is 5.75 Å². The molecule has 0 amide bonds. The maximum Gasteiger partial charge on any atom is 0.332 e. The van der Waals surface area contributed by atoms with Crippen LogP contribution in [0.15, 0.2) is 34.0 Å². The summed E-state index contributed by atoms with van der Waals surface area (Å²) in [5, 5.41) is 9.62. The van der Waals surface area contributed by atoms with E-state index >= 15 is 0 Å². The van der Waals surface area contributed by atoms with Crippen molar-refractivity contribution in [3.8, 4) is 11.4 Å². The minimum atomic E-state index is -0.472. The summed E-state index contributed by atoms with van der Waals surface area (Å²) in [4.78, 5) is 30.3. The van der Waals surface area contributed by atoms with E-state index in [0.717, 1.165) is 10.3 Å². The number of halogens is 1. The first-order valence-corrected chi connectivity index (χ1v) is 9.41. The molecule has 0 saturated carbocycles. The van der Waals surface area contributed by atoms with E-state index in [1.54, 1.807) is 43.0 Å². The molecule has 0 bridgehead atoms. The van der Waals surface area contributed by atoms with Gasteiger partial charge in [-0.2, -0.15) is 4.98 Å². The number of benzene rings is 1. The molecule has 0 radical (unpaired) electrons. The molecule has 0 aliphatic heterocycles. The second kappa shape index (κ2) is 7.09. The number of methoxy groups -OCH3 is 1. The highest BCUT2D eigenvalue weighted by Crippen LogP contribution is 2.30. The van der Waals surface area contributed by atoms with E-state index in [9.17, 15) is 9.59 Å². The third-order valence-corrected chi connectivity index (χ3v) is 5.18. The Balaban J connectivity index is 2.10. The van der Waals surface area contributed by atoms with Crippen LogP contribution in [-0.4, -0.2) is 41.9 Å². The van der Waals surface area contributed by atoms with E-state index in [1.165, 1.54) is 4.57 Å². The van der Waals surface area contributed by atoms with Crippen molar-refractivity contribution in [3.63, 3.8) is 0 Å². The van der Waals surface area contributed by atoms with Gasteiger partial charge in [-0.15, -0.1) is 0 Å². The first-order chi connectivity index (χ1) is 13.9. The van der Waals surface area contributed by atoms with Crippen molar-refractivity contribution < 1.29 is 9.84 Å². The van der Waals surface area contributed by atoms with Crippen LogP contribution in [0.25, 0.3) is 22.6 Å². The highest BCUT2D eigenvalue weighted by molar-refractivity contribution is 6.30. The average Bonchev–Trinajstić information content (AvgIpc) is 3.20. The summed E-state index contributed by atoms with van der Waals surface area (Å²) in [7, 11) is 3.14. The number of aliphatic hydroxyl groups is 1. The van der Waals surface area contributed by atoms with Gasteiger partial charge in [-0.1, -0.05) is 11.6 Å². The van der Waals surface area contributed by atoms with Gasteiger partial charge in [0, 0.05) is 37.1 Å². The molecule has 10 heteroatoms. The number of aliphatic hydroxyl groups excluding tert-OH is 1. The van der Waals surface area contributed by atoms with E-state index in [0.29, 0.717) is 34.2 Å². The minimum absolute atomic E-state index is 0.112. The van der Waals surface area contributed by atoms with Crippen molar-refractivity contribution in [2.45, 2.75) is 19.9 Å². The molecule has 29 heavy (non-hydrogen) atoms. The van der Waals surface area contributed by atoms with Gasteiger partial charge in [0.05, 0.1) is 12.8 Å². The number of imidazole rings is 2. The Kier molecular flexibility index (Phi) is 4.71. The summed E-state index contributed by atoms with van der Waals surface area (Å²) in [5.74, 6) is 1.06. The molecule has 1 N–H and O–H groups in total. The molecule has 0 aliphatic rings.